The van der Waals surface area contributed by atoms with Crippen LogP contribution >= 0.6 is 0 Å². The van der Waals surface area contributed by atoms with Crippen molar-refractivity contribution < 1.29 is 4.74 Å². The van der Waals surface area contributed by atoms with E-state index in [0.717, 1.165) is 31.4 Å². The van der Waals surface area contributed by atoms with Gasteiger partial charge in [0.15, 0.2) is 5.96 Å². The molecular formula is C19H28N6O. The third kappa shape index (κ3) is 4.22. The van der Waals surface area contributed by atoms with Gasteiger partial charge in [-0.2, -0.15) is 5.10 Å². The van der Waals surface area contributed by atoms with Crippen LogP contribution in [0.3, 0.4) is 0 Å². The molecule has 140 valence electrons. The van der Waals surface area contributed by atoms with E-state index in [-0.39, 0.29) is 6.10 Å². The minimum Gasteiger partial charge on any atom is -0.370 e. The van der Waals surface area contributed by atoms with Crippen LogP contribution in [0.1, 0.15) is 35.5 Å². The molecule has 0 amide bonds. The fraction of sp³-hybridized carbons (Fsp3) is 0.526. The number of benzene rings is 1. The molecule has 1 atom stereocenters. The van der Waals surface area contributed by atoms with E-state index in [4.69, 9.17) is 9.73 Å². The molecule has 0 spiro atoms. The van der Waals surface area contributed by atoms with Gasteiger partial charge in [-0.3, -0.25) is 4.68 Å². The van der Waals surface area contributed by atoms with E-state index < -0.39 is 0 Å². The molecule has 1 unspecified atom stereocenters. The number of nitrogens with one attached hydrogen (secondary N) is 1. The zero-order valence-electron chi connectivity index (χ0n) is 16.1. The lowest BCUT2D eigenvalue weighted by Crippen LogP contribution is -2.48. The minimum absolute atomic E-state index is 0.0584. The lowest BCUT2D eigenvalue weighted by Gasteiger charge is -2.36. The maximum Gasteiger partial charge on any atom is 0.194 e. The second kappa shape index (κ2) is 8.31. The average Bonchev–Trinajstić information content (AvgIpc) is 3.04. The summed E-state index contributed by atoms with van der Waals surface area (Å²) in [5, 5.41) is 7.50. The van der Waals surface area contributed by atoms with Gasteiger partial charge in [-0.05, 0) is 31.9 Å². The number of hydrogen-bond acceptors (Lipinski definition) is 4. The fourth-order valence-corrected chi connectivity index (χ4v) is 3.25. The van der Waals surface area contributed by atoms with E-state index in [1.54, 1.807) is 11.0 Å². The topological polar surface area (TPSA) is 67.6 Å². The zero-order chi connectivity index (χ0) is 18.5. The Hall–Kier alpha value is -2.41. The van der Waals surface area contributed by atoms with E-state index in [1.165, 1.54) is 16.7 Å². The van der Waals surface area contributed by atoms with Crippen molar-refractivity contribution in [2.75, 3.05) is 26.2 Å². The third-order valence-electron chi connectivity index (χ3n) is 4.65. The number of aryl methyl sites for hydroxylation is 3. The quantitative estimate of drug-likeness (QED) is 0.670. The van der Waals surface area contributed by atoms with Crippen molar-refractivity contribution in [1.29, 1.82) is 0 Å². The van der Waals surface area contributed by atoms with Gasteiger partial charge >= 0.3 is 0 Å². The first kappa shape index (κ1) is 18.4. The van der Waals surface area contributed by atoms with Crippen molar-refractivity contribution in [2.45, 2.75) is 33.4 Å². The molecule has 7 nitrogen and oxygen atoms in total. The molecule has 1 N–H and O–H groups in total. The average molecular weight is 356 g/mol. The molecule has 1 fully saturated rings. The predicted molar refractivity (Wildman–Crippen MR) is 102 cm³/mol. The van der Waals surface area contributed by atoms with Gasteiger partial charge in [-0.15, -0.1) is 0 Å². The number of rotatable bonds is 4. The van der Waals surface area contributed by atoms with Crippen LogP contribution in [0.5, 0.6) is 0 Å². The highest BCUT2D eigenvalue weighted by molar-refractivity contribution is 5.80. The second-order valence-electron chi connectivity index (χ2n) is 6.64. The molecule has 2 heterocycles. The van der Waals surface area contributed by atoms with Crippen LogP contribution in [0.2, 0.25) is 0 Å². The summed E-state index contributed by atoms with van der Waals surface area (Å²) < 4.78 is 7.82. The van der Waals surface area contributed by atoms with E-state index in [2.05, 4.69) is 59.3 Å². The number of guanidine groups is 1. The molecule has 0 saturated carbocycles. The smallest absolute Gasteiger partial charge is 0.194 e. The third-order valence-corrected chi connectivity index (χ3v) is 4.65. The Morgan fingerprint density at radius 1 is 1.38 bits per heavy atom. The summed E-state index contributed by atoms with van der Waals surface area (Å²) in [6.45, 7) is 9.98. The van der Waals surface area contributed by atoms with Crippen LogP contribution in [0.25, 0.3) is 0 Å². The lowest BCUT2D eigenvalue weighted by molar-refractivity contribution is -0.00835. The Morgan fingerprint density at radius 3 is 2.92 bits per heavy atom. The number of morpholine rings is 1. The molecule has 1 aromatic carbocycles. The van der Waals surface area contributed by atoms with Gasteiger partial charge in [-0.25, -0.2) is 9.98 Å². The van der Waals surface area contributed by atoms with Crippen LogP contribution in [0, 0.1) is 13.8 Å². The Bertz CT molecular complexity index is 769. The summed E-state index contributed by atoms with van der Waals surface area (Å²) in [6.07, 6.45) is 1.62. The van der Waals surface area contributed by atoms with Crippen LogP contribution in [0.15, 0.2) is 29.5 Å². The van der Waals surface area contributed by atoms with Gasteiger partial charge in [0.2, 0.25) is 0 Å². The van der Waals surface area contributed by atoms with Gasteiger partial charge in [0.1, 0.15) is 24.8 Å². The highest BCUT2D eigenvalue weighted by Gasteiger charge is 2.25. The SMILES string of the molecule is CCNC(=NCc1ncnn1C)N1CCOC(c2ccc(C)cc2C)C1. The Balaban J connectivity index is 1.75. The van der Waals surface area contributed by atoms with Gasteiger partial charge in [0, 0.05) is 20.1 Å². The Labute approximate surface area is 155 Å². The molecule has 0 bridgehead atoms. The van der Waals surface area contributed by atoms with Gasteiger partial charge in [-0.1, -0.05) is 23.8 Å². The zero-order valence-corrected chi connectivity index (χ0v) is 16.1. The first-order valence-corrected chi connectivity index (χ1v) is 9.13. The molecule has 0 radical (unpaired) electrons. The normalized spacial score (nSPS) is 18.2. The van der Waals surface area contributed by atoms with Crippen molar-refractivity contribution in [3.63, 3.8) is 0 Å². The molecule has 7 heteroatoms. The predicted octanol–water partition coefficient (Wildman–Crippen LogP) is 1.97. The van der Waals surface area contributed by atoms with Crippen molar-refractivity contribution in [3.8, 4) is 0 Å². The van der Waals surface area contributed by atoms with E-state index in [1.807, 2.05) is 7.05 Å². The molecule has 2 aromatic rings. The van der Waals surface area contributed by atoms with E-state index in [0.29, 0.717) is 13.2 Å². The summed E-state index contributed by atoms with van der Waals surface area (Å²) in [4.78, 5) is 11.3. The maximum atomic E-state index is 6.06. The number of ether oxygens (including phenoxy) is 1. The first-order chi connectivity index (χ1) is 12.6. The molecule has 1 aromatic heterocycles. The highest BCUT2D eigenvalue weighted by atomic mass is 16.5. The maximum absolute atomic E-state index is 6.06. The molecule has 1 aliphatic rings. The molecule has 1 saturated heterocycles. The minimum atomic E-state index is 0.0584. The summed E-state index contributed by atoms with van der Waals surface area (Å²) in [7, 11) is 1.88. The van der Waals surface area contributed by atoms with Crippen LogP contribution in [-0.4, -0.2) is 51.9 Å². The van der Waals surface area contributed by atoms with E-state index >= 15 is 0 Å². The summed E-state index contributed by atoms with van der Waals surface area (Å²) in [6, 6.07) is 6.55. The lowest BCUT2D eigenvalue weighted by atomic mass is 10.00. The van der Waals surface area contributed by atoms with Crippen LogP contribution < -0.4 is 5.32 Å². The largest absolute Gasteiger partial charge is 0.370 e. The van der Waals surface area contributed by atoms with E-state index in [9.17, 15) is 0 Å². The van der Waals surface area contributed by atoms with Gasteiger partial charge in [0.25, 0.3) is 0 Å². The number of hydrogen-bond donors (Lipinski definition) is 1. The van der Waals surface area contributed by atoms with Crippen LogP contribution in [0.4, 0.5) is 0 Å². The molecule has 1 aliphatic heterocycles. The summed E-state index contributed by atoms with van der Waals surface area (Å²) in [5.74, 6) is 1.74. The summed E-state index contributed by atoms with van der Waals surface area (Å²) in [5.41, 5.74) is 3.81. The molecule has 0 aliphatic carbocycles. The number of aliphatic imine (C=N–C) groups is 1. The molecule has 26 heavy (non-hydrogen) atoms. The second-order valence-corrected chi connectivity index (χ2v) is 6.64. The van der Waals surface area contributed by atoms with Crippen molar-refractivity contribution in [3.05, 3.63) is 47.0 Å². The van der Waals surface area contributed by atoms with Crippen molar-refractivity contribution >= 4 is 5.96 Å². The summed E-state index contributed by atoms with van der Waals surface area (Å²) >= 11 is 0. The Morgan fingerprint density at radius 2 is 2.23 bits per heavy atom. The van der Waals surface area contributed by atoms with Crippen LogP contribution in [-0.2, 0) is 18.3 Å². The molecular weight excluding hydrogens is 328 g/mol. The monoisotopic (exact) mass is 356 g/mol. The highest BCUT2D eigenvalue weighted by Crippen LogP contribution is 2.26. The fourth-order valence-electron chi connectivity index (χ4n) is 3.25. The number of aromatic nitrogens is 3. The number of nitrogens with zero attached hydrogens (tertiary/aromatic N) is 5. The van der Waals surface area contributed by atoms with Crippen molar-refractivity contribution in [1.82, 2.24) is 25.0 Å². The Kier molecular flexibility index (Phi) is 5.88. The van der Waals surface area contributed by atoms with Crippen molar-refractivity contribution in [2.24, 2.45) is 12.0 Å². The molecule has 3 rings (SSSR count). The standard InChI is InChI=1S/C19H28N6O/c1-5-20-19(21-11-18-22-13-23-24(18)4)25-8-9-26-17(12-25)16-7-6-14(2)10-15(16)3/h6-7,10,13,17H,5,8-9,11-12H2,1-4H3,(H,20,21). The van der Waals surface area contributed by atoms with Gasteiger partial charge < -0.3 is 15.0 Å². The first-order valence-electron chi connectivity index (χ1n) is 9.13. The van der Waals surface area contributed by atoms with Gasteiger partial charge in [0.05, 0.1) is 13.2 Å².